The van der Waals surface area contributed by atoms with Crippen LogP contribution >= 0.6 is 0 Å². The summed E-state index contributed by atoms with van der Waals surface area (Å²) in [5.74, 6) is 0. The molecule has 78 valence electrons. The van der Waals surface area contributed by atoms with Crippen molar-refractivity contribution in [2.24, 2.45) is 0 Å². The van der Waals surface area contributed by atoms with Crippen LogP contribution in [0.4, 0.5) is 0 Å². The molecule has 0 aromatic rings. The predicted molar refractivity (Wildman–Crippen MR) is 56.9 cm³/mol. The van der Waals surface area contributed by atoms with Gasteiger partial charge in [-0.2, -0.15) is 0 Å². The standard InChI is InChI=1S/C11H23NO/c1-3-8-12(9-4-2)10-6-5-7-11-13/h11H,3-10H2,1-2H3. The Hall–Kier alpha value is -0.370. The minimum Gasteiger partial charge on any atom is -0.303 e. The lowest BCUT2D eigenvalue weighted by Crippen LogP contribution is -2.26. The average Bonchev–Trinajstić information content (AvgIpc) is 2.13. The lowest BCUT2D eigenvalue weighted by atomic mass is 10.2. The molecule has 0 saturated carbocycles. The third-order valence-corrected chi connectivity index (χ3v) is 2.13. The number of hydrogen-bond donors (Lipinski definition) is 0. The number of hydrogen-bond acceptors (Lipinski definition) is 2. The first-order valence-electron chi connectivity index (χ1n) is 5.51. The molecule has 2 heteroatoms. The molecule has 0 aromatic carbocycles. The van der Waals surface area contributed by atoms with E-state index in [2.05, 4.69) is 18.7 Å². The Morgan fingerprint density at radius 1 is 1.00 bits per heavy atom. The third kappa shape index (κ3) is 7.97. The molecule has 0 fully saturated rings. The Morgan fingerprint density at radius 2 is 1.62 bits per heavy atom. The van der Waals surface area contributed by atoms with E-state index in [1.165, 1.54) is 32.4 Å². The lowest BCUT2D eigenvalue weighted by Gasteiger charge is -2.20. The van der Waals surface area contributed by atoms with E-state index in [-0.39, 0.29) is 0 Å². The minimum atomic E-state index is 0.728. The van der Waals surface area contributed by atoms with Crippen LogP contribution < -0.4 is 0 Å². The van der Waals surface area contributed by atoms with Crippen LogP contribution in [0.15, 0.2) is 0 Å². The molecule has 0 unspecified atom stereocenters. The molecule has 0 rings (SSSR count). The number of nitrogens with zero attached hydrogens (tertiary/aromatic N) is 1. The van der Waals surface area contributed by atoms with Crippen LogP contribution in [0.2, 0.25) is 0 Å². The summed E-state index contributed by atoms with van der Waals surface area (Å²) >= 11 is 0. The summed E-state index contributed by atoms with van der Waals surface area (Å²) in [5, 5.41) is 0. The topological polar surface area (TPSA) is 20.3 Å². The van der Waals surface area contributed by atoms with Gasteiger partial charge in [-0.15, -0.1) is 0 Å². The Balaban J connectivity index is 3.37. The van der Waals surface area contributed by atoms with E-state index < -0.39 is 0 Å². The second-order valence-corrected chi connectivity index (χ2v) is 3.50. The second-order valence-electron chi connectivity index (χ2n) is 3.50. The number of aldehydes is 1. The van der Waals surface area contributed by atoms with E-state index in [1.807, 2.05) is 0 Å². The monoisotopic (exact) mass is 185 g/mol. The van der Waals surface area contributed by atoms with Gasteiger partial charge in [-0.25, -0.2) is 0 Å². The summed E-state index contributed by atoms with van der Waals surface area (Å²) in [6.07, 6.45) is 6.42. The average molecular weight is 185 g/mol. The summed E-state index contributed by atoms with van der Waals surface area (Å²) < 4.78 is 0. The highest BCUT2D eigenvalue weighted by atomic mass is 16.1. The molecule has 0 atom stereocenters. The molecule has 0 bridgehead atoms. The van der Waals surface area contributed by atoms with Gasteiger partial charge in [0.15, 0.2) is 0 Å². The van der Waals surface area contributed by atoms with Crippen LogP contribution in [0.3, 0.4) is 0 Å². The third-order valence-electron chi connectivity index (χ3n) is 2.13. The summed E-state index contributed by atoms with van der Waals surface area (Å²) in [6, 6.07) is 0. The molecular weight excluding hydrogens is 162 g/mol. The summed E-state index contributed by atoms with van der Waals surface area (Å²) in [4.78, 5) is 12.6. The van der Waals surface area contributed by atoms with Gasteiger partial charge in [0.1, 0.15) is 6.29 Å². The molecule has 0 radical (unpaired) electrons. The van der Waals surface area contributed by atoms with Crippen molar-refractivity contribution in [3.63, 3.8) is 0 Å². The van der Waals surface area contributed by atoms with E-state index in [9.17, 15) is 4.79 Å². The van der Waals surface area contributed by atoms with Crippen molar-refractivity contribution in [1.82, 2.24) is 4.90 Å². The zero-order valence-electron chi connectivity index (χ0n) is 9.09. The van der Waals surface area contributed by atoms with Crippen molar-refractivity contribution in [1.29, 1.82) is 0 Å². The number of rotatable bonds is 9. The Bertz CT molecular complexity index is 109. The minimum absolute atomic E-state index is 0.728. The summed E-state index contributed by atoms with van der Waals surface area (Å²) in [6.45, 7) is 8.00. The van der Waals surface area contributed by atoms with Crippen LogP contribution in [0, 0.1) is 0 Å². The molecule has 0 N–H and O–H groups in total. The molecule has 0 aliphatic carbocycles. The van der Waals surface area contributed by atoms with E-state index in [0.29, 0.717) is 0 Å². The van der Waals surface area contributed by atoms with Crippen LogP contribution in [-0.2, 0) is 4.79 Å². The van der Waals surface area contributed by atoms with Gasteiger partial charge in [-0.05, 0) is 45.3 Å². The highest BCUT2D eigenvalue weighted by Crippen LogP contribution is 1.99. The smallest absolute Gasteiger partial charge is 0.119 e. The van der Waals surface area contributed by atoms with Gasteiger partial charge in [-0.3, -0.25) is 0 Å². The summed E-state index contributed by atoms with van der Waals surface area (Å²) in [5.41, 5.74) is 0. The lowest BCUT2D eigenvalue weighted by molar-refractivity contribution is -0.107. The fourth-order valence-electron chi connectivity index (χ4n) is 1.53. The maximum atomic E-state index is 10.1. The fourth-order valence-corrected chi connectivity index (χ4v) is 1.53. The van der Waals surface area contributed by atoms with Gasteiger partial charge >= 0.3 is 0 Å². The highest BCUT2D eigenvalue weighted by Gasteiger charge is 2.00. The Morgan fingerprint density at radius 3 is 2.08 bits per heavy atom. The van der Waals surface area contributed by atoms with Gasteiger partial charge in [0.2, 0.25) is 0 Å². The van der Waals surface area contributed by atoms with Crippen molar-refractivity contribution < 1.29 is 4.79 Å². The zero-order chi connectivity index (χ0) is 9.94. The normalized spacial score (nSPS) is 10.7. The Kier molecular flexibility index (Phi) is 9.44. The number of unbranched alkanes of at least 4 members (excludes halogenated alkanes) is 2. The molecule has 0 aliphatic heterocycles. The van der Waals surface area contributed by atoms with Crippen molar-refractivity contribution in [3.05, 3.63) is 0 Å². The van der Waals surface area contributed by atoms with Crippen LogP contribution in [0.25, 0.3) is 0 Å². The number of carbonyl (C=O) groups excluding carboxylic acids is 1. The molecular formula is C11H23NO. The largest absolute Gasteiger partial charge is 0.303 e. The van der Waals surface area contributed by atoms with E-state index >= 15 is 0 Å². The van der Waals surface area contributed by atoms with E-state index in [1.54, 1.807) is 0 Å². The quantitative estimate of drug-likeness (QED) is 0.406. The SMILES string of the molecule is CCCN(CCC)CCCCC=O. The van der Waals surface area contributed by atoms with Crippen LogP contribution in [0.5, 0.6) is 0 Å². The molecule has 0 aliphatic rings. The molecule has 2 nitrogen and oxygen atoms in total. The highest BCUT2D eigenvalue weighted by molar-refractivity contribution is 5.48. The molecule has 0 amide bonds. The summed E-state index contributed by atoms with van der Waals surface area (Å²) in [7, 11) is 0. The fraction of sp³-hybridized carbons (Fsp3) is 0.909. The predicted octanol–water partition coefficient (Wildman–Crippen LogP) is 2.48. The first kappa shape index (κ1) is 12.6. The first-order chi connectivity index (χ1) is 6.35. The van der Waals surface area contributed by atoms with Gasteiger partial charge < -0.3 is 9.69 Å². The molecule has 0 saturated heterocycles. The van der Waals surface area contributed by atoms with Gasteiger partial charge in [0, 0.05) is 6.42 Å². The van der Waals surface area contributed by atoms with Crippen LogP contribution in [-0.4, -0.2) is 30.8 Å². The van der Waals surface area contributed by atoms with Gasteiger partial charge in [0.05, 0.1) is 0 Å². The van der Waals surface area contributed by atoms with Crippen LogP contribution in [0.1, 0.15) is 46.0 Å². The molecule has 0 spiro atoms. The van der Waals surface area contributed by atoms with Crippen molar-refractivity contribution in [2.75, 3.05) is 19.6 Å². The van der Waals surface area contributed by atoms with Crippen molar-refractivity contribution >= 4 is 6.29 Å². The molecule has 0 aromatic heterocycles. The van der Waals surface area contributed by atoms with E-state index in [0.717, 1.165) is 25.7 Å². The van der Waals surface area contributed by atoms with Gasteiger partial charge in [-0.1, -0.05) is 13.8 Å². The maximum Gasteiger partial charge on any atom is 0.119 e. The molecule has 13 heavy (non-hydrogen) atoms. The van der Waals surface area contributed by atoms with E-state index in [4.69, 9.17) is 0 Å². The molecule has 0 heterocycles. The van der Waals surface area contributed by atoms with Crippen molar-refractivity contribution in [2.45, 2.75) is 46.0 Å². The number of carbonyl (C=O) groups is 1. The Labute approximate surface area is 82.3 Å². The van der Waals surface area contributed by atoms with Gasteiger partial charge in [0.25, 0.3) is 0 Å². The van der Waals surface area contributed by atoms with Crippen molar-refractivity contribution in [3.8, 4) is 0 Å². The zero-order valence-corrected chi connectivity index (χ0v) is 9.09. The maximum absolute atomic E-state index is 10.1. The first-order valence-corrected chi connectivity index (χ1v) is 5.51. The second kappa shape index (κ2) is 9.72.